The fourth-order valence-corrected chi connectivity index (χ4v) is 3.61. The number of amidine groups is 1. The molecule has 2 N–H and O–H groups in total. The lowest BCUT2D eigenvalue weighted by atomic mass is 9.72. The van der Waals surface area contributed by atoms with Gasteiger partial charge in [-0.05, 0) is 19.8 Å². The Morgan fingerprint density at radius 1 is 1.14 bits per heavy atom. The van der Waals surface area contributed by atoms with Crippen LogP contribution in [0, 0.1) is 5.41 Å². The first-order chi connectivity index (χ1) is 10.1. The first-order valence-corrected chi connectivity index (χ1v) is 8.03. The van der Waals surface area contributed by atoms with Crippen molar-refractivity contribution in [1.29, 1.82) is 0 Å². The van der Waals surface area contributed by atoms with Crippen LogP contribution >= 0.6 is 0 Å². The van der Waals surface area contributed by atoms with Crippen molar-refractivity contribution in [3.63, 3.8) is 0 Å². The van der Waals surface area contributed by atoms with Crippen molar-refractivity contribution in [2.75, 3.05) is 26.2 Å². The average Bonchev–Trinajstić information content (AvgIpc) is 2.53. The molecular weight excluding hydrogens is 268 g/mol. The lowest BCUT2D eigenvalue weighted by Crippen LogP contribution is -2.59. The minimum atomic E-state index is -0.870. The second-order valence-electron chi connectivity index (χ2n) is 6.36. The van der Waals surface area contributed by atoms with Crippen molar-refractivity contribution in [1.82, 2.24) is 15.5 Å². The molecule has 6 heteroatoms. The minimum Gasteiger partial charge on any atom is -0.314 e. The molecule has 1 saturated carbocycles. The number of amides is 2. The van der Waals surface area contributed by atoms with Gasteiger partial charge in [0.1, 0.15) is 11.3 Å². The Balaban J connectivity index is 1.77. The predicted octanol–water partition coefficient (Wildman–Crippen LogP) is 0.286. The van der Waals surface area contributed by atoms with Crippen LogP contribution in [0.15, 0.2) is 4.99 Å². The molecule has 21 heavy (non-hydrogen) atoms. The van der Waals surface area contributed by atoms with Gasteiger partial charge >= 0.3 is 0 Å². The minimum absolute atomic E-state index is 0.0130. The molecule has 1 spiro atoms. The first-order valence-electron chi connectivity index (χ1n) is 8.03. The number of hydrogen-bond acceptors (Lipinski definition) is 4. The standard InChI is InChI=1S/C15H24N4O2/c1-11(19-9-7-16-8-10-19)12-17-13(20)15(14(21)18-12)5-3-2-4-6-15/h11,16H,2-10H2,1H3,(H,17,18,20,21). The maximum atomic E-state index is 12.5. The second kappa shape index (κ2) is 5.85. The summed E-state index contributed by atoms with van der Waals surface area (Å²) in [4.78, 5) is 31.6. The molecule has 3 rings (SSSR count). The number of nitrogens with one attached hydrogen (secondary N) is 2. The van der Waals surface area contributed by atoms with Gasteiger partial charge in [0.2, 0.25) is 5.91 Å². The van der Waals surface area contributed by atoms with Gasteiger partial charge in [-0.2, -0.15) is 4.99 Å². The van der Waals surface area contributed by atoms with Crippen LogP contribution in [0.2, 0.25) is 0 Å². The molecule has 1 unspecified atom stereocenters. The van der Waals surface area contributed by atoms with Crippen molar-refractivity contribution < 1.29 is 9.59 Å². The Morgan fingerprint density at radius 2 is 1.81 bits per heavy atom. The van der Waals surface area contributed by atoms with Gasteiger partial charge in [0, 0.05) is 26.2 Å². The number of hydrogen-bond donors (Lipinski definition) is 2. The third-order valence-corrected chi connectivity index (χ3v) is 5.11. The third-order valence-electron chi connectivity index (χ3n) is 5.11. The van der Waals surface area contributed by atoms with Crippen molar-refractivity contribution >= 4 is 17.6 Å². The number of carbonyl (C=O) groups excluding carboxylic acids is 2. The largest absolute Gasteiger partial charge is 0.314 e. The van der Waals surface area contributed by atoms with Gasteiger partial charge in [-0.15, -0.1) is 0 Å². The van der Waals surface area contributed by atoms with Crippen LogP contribution in [0.1, 0.15) is 39.0 Å². The molecule has 2 heterocycles. The predicted molar refractivity (Wildman–Crippen MR) is 80.0 cm³/mol. The van der Waals surface area contributed by atoms with E-state index in [0.717, 1.165) is 45.4 Å². The van der Waals surface area contributed by atoms with E-state index in [1.165, 1.54) is 0 Å². The topological polar surface area (TPSA) is 73.8 Å². The summed E-state index contributed by atoms with van der Waals surface area (Å²) in [6, 6.07) is -0.0130. The van der Waals surface area contributed by atoms with Crippen LogP contribution in [-0.2, 0) is 9.59 Å². The van der Waals surface area contributed by atoms with Crippen molar-refractivity contribution in [2.24, 2.45) is 10.4 Å². The molecule has 1 saturated heterocycles. The molecule has 2 aliphatic heterocycles. The zero-order valence-corrected chi connectivity index (χ0v) is 12.7. The zero-order chi connectivity index (χ0) is 14.9. The monoisotopic (exact) mass is 292 g/mol. The molecule has 1 atom stereocenters. The quantitative estimate of drug-likeness (QED) is 0.717. The van der Waals surface area contributed by atoms with E-state index in [-0.39, 0.29) is 17.9 Å². The molecule has 0 aromatic heterocycles. The number of piperazine rings is 1. The van der Waals surface area contributed by atoms with Crippen LogP contribution in [-0.4, -0.2) is 54.8 Å². The summed E-state index contributed by atoms with van der Waals surface area (Å²) < 4.78 is 0. The van der Waals surface area contributed by atoms with Gasteiger partial charge in [0.25, 0.3) is 5.91 Å². The van der Waals surface area contributed by atoms with Gasteiger partial charge in [-0.1, -0.05) is 19.3 Å². The molecule has 1 aliphatic carbocycles. The summed E-state index contributed by atoms with van der Waals surface area (Å²) in [5.41, 5.74) is -0.870. The molecular formula is C15H24N4O2. The summed E-state index contributed by atoms with van der Waals surface area (Å²) in [7, 11) is 0. The summed E-state index contributed by atoms with van der Waals surface area (Å²) in [5.74, 6) is 0.185. The van der Waals surface area contributed by atoms with E-state index in [0.29, 0.717) is 18.7 Å². The Hall–Kier alpha value is -1.27. The summed E-state index contributed by atoms with van der Waals surface area (Å²) in [5, 5.41) is 6.23. The van der Waals surface area contributed by atoms with Crippen LogP contribution < -0.4 is 10.6 Å². The third kappa shape index (κ3) is 2.62. The molecule has 2 fully saturated rings. The summed E-state index contributed by atoms with van der Waals surface area (Å²) >= 11 is 0. The number of rotatable bonds is 2. The Morgan fingerprint density at radius 3 is 2.43 bits per heavy atom. The van der Waals surface area contributed by atoms with E-state index in [1.54, 1.807) is 0 Å². The first kappa shape index (κ1) is 14.7. The average molecular weight is 292 g/mol. The SMILES string of the molecule is CC(C1=NC(=O)C2(CCCCC2)C(=O)N1)N1CCNCC1. The molecule has 0 radical (unpaired) electrons. The van der Waals surface area contributed by atoms with E-state index < -0.39 is 5.41 Å². The van der Waals surface area contributed by atoms with Gasteiger partial charge in [0.05, 0.1) is 6.04 Å². The second-order valence-corrected chi connectivity index (χ2v) is 6.36. The Kier molecular flexibility index (Phi) is 4.08. The van der Waals surface area contributed by atoms with E-state index in [2.05, 4.69) is 20.5 Å². The van der Waals surface area contributed by atoms with E-state index in [9.17, 15) is 9.59 Å². The zero-order valence-electron chi connectivity index (χ0n) is 12.7. The van der Waals surface area contributed by atoms with Crippen LogP contribution in [0.3, 0.4) is 0 Å². The normalized spacial score (nSPS) is 28.1. The summed E-state index contributed by atoms with van der Waals surface area (Å²) in [6.45, 7) is 5.70. The van der Waals surface area contributed by atoms with Crippen LogP contribution in [0.5, 0.6) is 0 Å². The Labute approximate surface area is 125 Å². The highest BCUT2D eigenvalue weighted by atomic mass is 16.2. The van der Waals surface area contributed by atoms with Crippen molar-refractivity contribution in [3.05, 3.63) is 0 Å². The molecule has 3 aliphatic rings. The van der Waals surface area contributed by atoms with Crippen molar-refractivity contribution in [3.8, 4) is 0 Å². The van der Waals surface area contributed by atoms with Crippen LogP contribution in [0.4, 0.5) is 0 Å². The highest BCUT2D eigenvalue weighted by molar-refractivity contribution is 6.19. The molecule has 0 bridgehead atoms. The number of carbonyl (C=O) groups is 2. The van der Waals surface area contributed by atoms with Crippen molar-refractivity contribution in [2.45, 2.75) is 45.1 Å². The molecule has 6 nitrogen and oxygen atoms in total. The molecule has 0 aromatic carbocycles. The number of aliphatic imine (C=N–C) groups is 1. The fraction of sp³-hybridized carbons (Fsp3) is 0.800. The van der Waals surface area contributed by atoms with Gasteiger partial charge in [-0.3, -0.25) is 14.5 Å². The number of nitrogens with zero attached hydrogens (tertiary/aromatic N) is 2. The molecule has 0 aromatic rings. The Bertz CT molecular complexity index is 462. The van der Waals surface area contributed by atoms with Gasteiger partial charge in [-0.25, -0.2) is 0 Å². The fourth-order valence-electron chi connectivity index (χ4n) is 3.61. The molecule has 116 valence electrons. The maximum Gasteiger partial charge on any atom is 0.263 e. The van der Waals surface area contributed by atoms with Gasteiger partial charge < -0.3 is 10.6 Å². The lowest BCUT2D eigenvalue weighted by molar-refractivity contribution is -0.144. The summed E-state index contributed by atoms with van der Waals surface area (Å²) in [6.07, 6.45) is 4.29. The highest BCUT2D eigenvalue weighted by Crippen LogP contribution is 2.39. The highest BCUT2D eigenvalue weighted by Gasteiger charge is 2.49. The van der Waals surface area contributed by atoms with Gasteiger partial charge in [0.15, 0.2) is 0 Å². The van der Waals surface area contributed by atoms with E-state index in [4.69, 9.17) is 0 Å². The van der Waals surface area contributed by atoms with E-state index in [1.807, 2.05) is 6.92 Å². The lowest BCUT2D eigenvalue weighted by Gasteiger charge is -2.39. The smallest absolute Gasteiger partial charge is 0.263 e. The molecule has 2 amide bonds. The van der Waals surface area contributed by atoms with Crippen LogP contribution in [0.25, 0.3) is 0 Å². The maximum absolute atomic E-state index is 12.5. The van der Waals surface area contributed by atoms with E-state index >= 15 is 0 Å².